The summed E-state index contributed by atoms with van der Waals surface area (Å²) >= 11 is 4.03. The van der Waals surface area contributed by atoms with E-state index in [1.165, 1.54) is 0 Å². The third-order valence-electron chi connectivity index (χ3n) is 3.12. The van der Waals surface area contributed by atoms with Crippen molar-refractivity contribution in [3.8, 4) is 0 Å². The van der Waals surface area contributed by atoms with Crippen molar-refractivity contribution in [3.05, 3.63) is 11.9 Å². The second kappa shape index (κ2) is 10.1. The quantitative estimate of drug-likeness (QED) is 0.315. The normalized spacial score (nSPS) is 13.4. The predicted molar refractivity (Wildman–Crippen MR) is 89.5 cm³/mol. The van der Waals surface area contributed by atoms with Crippen LogP contribution in [0.2, 0.25) is 0 Å². The van der Waals surface area contributed by atoms with Gasteiger partial charge in [0.15, 0.2) is 17.5 Å². The Balaban J connectivity index is 0.000000506. The minimum absolute atomic E-state index is 0.0907. The predicted octanol–water partition coefficient (Wildman–Crippen LogP) is -0.311. The number of carboxylic acid groups (broad SMARTS) is 2. The smallest absolute Gasteiger partial charge is 0.362 e. The van der Waals surface area contributed by atoms with E-state index in [9.17, 15) is 14.4 Å². The topological polar surface area (TPSA) is 146 Å². The van der Waals surface area contributed by atoms with Gasteiger partial charge in [-0.1, -0.05) is 0 Å². The molecule has 0 unspecified atom stereocenters. The van der Waals surface area contributed by atoms with Crippen LogP contribution in [0.5, 0.6) is 0 Å². The molecule has 0 aliphatic carbocycles. The van der Waals surface area contributed by atoms with Gasteiger partial charge in [-0.05, 0) is 6.42 Å². The number of likely N-dealkylation sites (N-methyl/N-ethyl adjacent to an activating group) is 1. The van der Waals surface area contributed by atoms with Crippen LogP contribution >= 0.6 is 12.6 Å². The van der Waals surface area contributed by atoms with Gasteiger partial charge in [0, 0.05) is 18.3 Å². The molecule has 0 spiro atoms. The molecule has 135 valence electrons. The summed E-state index contributed by atoms with van der Waals surface area (Å²) in [7, 11) is 5.57. The van der Waals surface area contributed by atoms with Gasteiger partial charge in [-0.15, -0.1) is 12.6 Å². The zero-order valence-corrected chi connectivity index (χ0v) is 14.8. The lowest BCUT2D eigenvalue weighted by Crippen LogP contribution is -2.51. The van der Waals surface area contributed by atoms with Crippen molar-refractivity contribution in [2.75, 3.05) is 21.1 Å². The number of carbonyl (C=O) groups is 2. The van der Waals surface area contributed by atoms with Crippen LogP contribution in [0.1, 0.15) is 18.5 Å². The maximum atomic E-state index is 11.1. The van der Waals surface area contributed by atoms with Gasteiger partial charge in [0.25, 0.3) is 0 Å². The van der Waals surface area contributed by atoms with Crippen molar-refractivity contribution in [1.29, 1.82) is 0 Å². The van der Waals surface area contributed by atoms with Crippen LogP contribution in [-0.4, -0.2) is 76.1 Å². The van der Waals surface area contributed by atoms with Gasteiger partial charge in [0.2, 0.25) is 0 Å². The summed E-state index contributed by atoms with van der Waals surface area (Å²) in [5.41, 5.74) is 5.82. The summed E-state index contributed by atoms with van der Waals surface area (Å²) < 4.78 is 0.371. The molecule has 0 aromatic carbocycles. The lowest BCUT2D eigenvalue weighted by Gasteiger charge is -2.30. The molecule has 0 fully saturated rings. The molecule has 1 aromatic rings. The highest BCUT2D eigenvalue weighted by Gasteiger charge is 2.31. The highest BCUT2D eigenvalue weighted by molar-refractivity contribution is 7.80. The number of quaternary nitrogens is 1. The van der Waals surface area contributed by atoms with Gasteiger partial charge in [-0.25, -0.2) is 9.78 Å². The van der Waals surface area contributed by atoms with Crippen molar-refractivity contribution in [1.82, 2.24) is 9.97 Å². The number of hydrogen-bond donors (Lipinski definition) is 5. The first kappa shape index (κ1) is 22.1. The molecule has 0 amide bonds. The number of carboxylic acids is 2. The van der Waals surface area contributed by atoms with Crippen molar-refractivity contribution < 1.29 is 29.1 Å². The van der Waals surface area contributed by atoms with Crippen LogP contribution in [0.3, 0.4) is 0 Å². The molecule has 1 heterocycles. The zero-order chi connectivity index (χ0) is 18.9. The zero-order valence-electron chi connectivity index (χ0n) is 13.9. The fourth-order valence-electron chi connectivity index (χ4n) is 1.69. The van der Waals surface area contributed by atoms with Crippen LogP contribution < -0.4 is 5.73 Å². The molecule has 0 aliphatic rings. The average Bonchev–Trinajstić information content (AvgIpc) is 2.86. The average molecular weight is 360 g/mol. The highest BCUT2D eigenvalue weighted by Crippen LogP contribution is 2.11. The van der Waals surface area contributed by atoms with Crippen LogP contribution in [0.4, 0.5) is 0 Å². The Morgan fingerprint density at radius 2 is 1.96 bits per heavy atom. The van der Waals surface area contributed by atoms with Gasteiger partial charge in [-0.2, -0.15) is 0 Å². The molecule has 24 heavy (non-hydrogen) atoms. The van der Waals surface area contributed by atoms with Crippen molar-refractivity contribution in [3.63, 3.8) is 0 Å². The Morgan fingerprint density at radius 1 is 1.38 bits per heavy atom. The van der Waals surface area contributed by atoms with Gasteiger partial charge in [0.05, 0.1) is 27.6 Å². The number of carbonyl (C=O) groups excluding carboxylic acids is 1. The molecule has 0 aliphatic heterocycles. The number of nitrogens with zero attached hydrogens (tertiary/aromatic N) is 2. The van der Waals surface area contributed by atoms with Crippen LogP contribution in [0.15, 0.2) is 11.4 Å². The Bertz CT molecular complexity index is 556. The molecule has 0 saturated heterocycles. The molecule has 2 atom stereocenters. The number of aliphatic carboxylic acids is 2. The van der Waals surface area contributed by atoms with E-state index in [1.54, 1.807) is 12.5 Å². The number of hydrogen-bond acceptors (Lipinski definition) is 6. The Kier molecular flexibility index (Phi) is 9.26. The number of nitrogens with one attached hydrogen (secondary N) is 1. The third-order valence-corrected chi connectivity index (χ3v) is 3.35. The number of aromatic nitrogens is 2. The molecule has 9 nitrogen and oxygen atoms in total. The highest BCUT2D eigenvalue weighted by atomic mass is 32.1. The van der Waals surface area contributed by atoms with Gasteiger partial charge >= 0.3 is 11.9 Å². The van der Waals surface area contributed by atoms with Gasteiger partial charge < -0.3 is 25.4 Å². The maximum Gasteiger partial charge on any atom is 0.362 e. The summed E-state index contributed by atoms with van der Waals surface area (Å²) in [6.07, 6.45) is 3.86. The summed E-state index contributed by atoms with van der Waals surface area (Å²) in [4.78, 5) is 37.4. The third kappa shape index (κ3) is 8.65. The van der Waals surface area contributed by atoms with E-state index in [2.05, 4.69) is 22.6 Å². The monoisotopic (exact) mass is 360 g/mol. The Labute approximate surface area is 145 Å². The molecule has 1 rings (SSSR count). The molecule has 0 saturated carbocycles. The van der Waals surface area contributed by atoms with E-state index in [4.69, 9.17) is 15.9 Å². The largest absolute Gasteiger partial charge is 0.480 e. The summed E-state index contributed by atoms with van der Waals surface area (Å²) in [5.74, 6) is -1.89. The molecule has 1 aromatic heterocycles. The number of H-pyrrole nitrogens is 1. The number of thiol groups is 1. The molecule has 0 bridgehead atoms. The van der Waals surface area contributed by atoms with E-state index in [0.717, 1.165) is 5.69 Å². The first-order chi connectivity index (χ1) is 11.0. The van der Waals surface area contributed by atoms with E-state index < -0.39 is 24.0 Å². The van der Waals surface area contributed by atoms with Gasteiger partial charge in [-0.3, -0.25) is 9.59 Å². The first-order valence-corrected chi connectivity index (χ1v) is 7.54. The molecular weight excluding hydrogens is 336 g/mol. The van der Waals surface area contributed by atoms with E-state index in [1.807, 2.05) is 21.1 Å². The van der Waals surface area contributed by atoms with Crippen LogP contribution in [0.25, 0.3) is 0 Å². The standard InChI is InChI=1S/C9H15N3O2S.C5H8NO3/c1-12(2,3)7(8(13)14)4-6-5-10-9(15)11-6;6-4(5(8)9)2-1-3-7/h5,7H,4H2,1-3H3,(H2-,10,11,13,14,15);4H,1-2,6H2,(H,8,9)/p+1/t7-;4-/m00/s1. The van der Waals surface area contributed by atoms with Crippen LogP contribution in [-0.2, 0) is 20.8 Å². The maximum absolute atomic E-state index is 11.1. The lowest BCUT2D eigenvalue weighted by molar-refractivity contribution is -0.887. The van der Waals surface area contributed by atoms with Crippen LogP contribution in [0, 0.1) is 0 Å². The number of rotatable bonds is 8. The summed E-state index contributed by atoms with van der Waals surface area (Å²) in [6, 6.07) is -1.41. The summed E-state index contributed by atoms with van der Waals surface area (Å²) in [5, 5.41) is 17.8. The van der Waals surface area contributed by atoms with Gasteiger partial charge in [0.1, 0.15) is 6.04 Å². The summed E-state index contributed by atoms with van der Waals surface area (Å²) in [6.45, 7) is 0. The SMILES string of the molecule is C[N+](C)(C)[C@@H](Cc1cnc(S)[nH]1)C(=O)O.N[C@@H](CC[C]=O)C(=O)O. The Hall–Kier alpha value is -1.91. The lowest BCUT2D eigenvalue weighted by atomic mass is 10.1. The molecule has 10 heteroatoms. The van der Waals surface area contributed by atoms with E-state index in [0.29, 0.717) is 16.1 Å². The number of imidazole rings is 1. The minimum Gasteiger partial charge on any atom is -0.480 e. The van der Waals surface area contributed by atoms with E-state index >= 15 is 0 Å². The van der Waals surface area contributed by atoms with Crippen molar-refractivity contribution in [2.24, 2.45) is 5.73 Å². The molecular formula is C14H24N4O5S+. The fourth-order valence-corrected chi connectivity index (χ4v) is 1.89. The second-order valence-corrected chi connectivity index (χ2v) is 6.46. The fraction of sp³-hybridized carbons (Fsp3) is 0.571. The number of aromatic amines is 1. The van der Waals surface area contributed by atoms with E-state index in [-0.39, 0.29) is 12.8 Å². The molecule has 5 N–H and O–H groups in total. The van der Waals surface area contributed by atoms with Crippen molar-refractivity contribution >= 4 is 30.9 Å². The molecule has 1 radical (unpaired) electrons. The second-order valence-electron chi connectivity index (χ2n) is 6.03. The number of nitrogens with two attached hydrogens (primary N) is 1. The van der Waals surface area contributed by atoms with Crippen molar-refractivity contribution in [2.45, 2.75) is 36.5 Å². The first-order valence-electron chi connectivity index (χ1n) is 7.09. The Morgan fingerprint density at radius 3 is 2.29 bits per heavy atom. The minimum atomic E-state index is -1.08.